The first-order valence-corrected chi connectivity index (χ1v) is 6.12. The molecule has 0 aliphatic heterocycles. The molecule has 2 heterocycles. The molecule has 1 amide bonds. The van der Waals surface area contributed by atoms with E-state index in [-0.39, 0.29) is 23.6 Å². The van der Waals surface area contributed by atoms with Crippen molar-refractivity contribution in [3.63, 3.8) is 0 Å². The number of amides is 1. The number of carbonyl (C=O) groups is 1. The van der Waals surface area contributed by atoms with Gasteiger partial charge in [0.1, 0.15) is 12.0 Å². The van der Waals surface area contributed by atoms with Crippen LogP contribution in [0.2, 0.25) is 0 Å². The number of rotatable bonds is 5. The van der Waals surface area contributed by atoms with E-state index in [1.165, 1.54) is 6.07 Å². The molecule has 0 radical (unpaired) electrons. The summed E-state index contributed by atoms with van der Waals surface area (Å²) >= 11 is 0. The molecule has 0 aromatic carbocycles. The molecule has 0 unspecified atom stereocenters. The molecular formula is C12H14N6O3. The van der Waals surface area contributed by atoms with Gasteiger partial charge in [-0.2, -0.15) is 5.10 Å². The molecule has 0 aliphatic carbocycles. The van der Waals surface area contributed by atoms with E-state index in [0.717, 1.165) is 17.5 Å². The summed E-state index contributed by atoms with van der Waals surface area (Å²) in [5.74, 6) is -0.168. The van der Waals surface area contributed by atoms with E-state index in [4.69, 9.17) is 0 Å². The van der Waals surface area contributed by atoms with Gasteiger partial charge in [0.15, 0.2) is 0 Å². The summed E-state index contributed by atoms with van der Waals surface area (Å²) in [5.41, 5.74) is 1.57. The molecule has 2 rings (SSSR count). The monoisotopic (exact) mass is 290 g/mol. The van der Waals surface area contributed by atoms with E-state index in [0.29, 0.717) is 0 Å². The Morgan fingerprint density at radius 3 is 2.81 bits per heavy atom. The zero-order valence-electron chi connectivity index (χ0n) is 11.5. The van der Waals surface area contributed by atoms with Crippen molar-refractivity contribution in [3.8, 4) is 0 Å². The van der Waals surface area contributed by atoms with Gasteiger partial charge in [0, 0.05) is 30.9 Å². The lowest BCUT2D eigenvalue weighted by molar-refractivity contribution is -0.385. The number of nitrogens with zero attached hydrogens (tertiary/aromatic N) is 3. The van der Waals surface area contributed by atoms with Crippen LogP contribution in [0, 0.1) is 17.0 Å². The fourth-order valence-corrected chi connectivity index (χ4v) is 1.75. The van der Waals surface area contributed by atoms with Crippen molar-refractivity contribution in [2.45, 2.75) is 13.5 Å². The van der Waals surface area contributed by atoms with E-state index in [1.807, 2.05) is 6.92 Å². The number of aromatic amines is 1. The fraction of sp³-hybridized carbons (Fsp3) is 0.250. The van der Waals surface area contributed by atoms with Gasteiger partial charge in [-0.1, -0.05) is 0 Å². The minimum Gasteiger partial charge on any atom is -0.372 e. The Morgan fingerprint density at radius 1 is 1.48 bits per heavy atom. The highest BCUT2D eigenvalue weighted by Crippen LogP contribution is 2.18. The second-order valence-corrected chi connectivity index (χ2v) is 4.30. The van der Waals surface area contributed by atoms with Gasteiger partial charge in [-0.3, -0.25) is 20.0 Å². The van der Waals surface area contributed by atoms with Crippen LogP contribution in [-0.4, -0.2) is 33.1 Å². The zero-order chi connectivity index (χ0) is 15.4. The van der Waals surface area contributed by atoms with E-state index in [1.54, 1.807) is 13.2 Å². The summed E-state index contributed by atoms with van der Waals surface area (Å²) in [5, 5.41) is 22.8. The molecule has 2 aromatic rings. The topological polar surface area (TPSA) is 126 Å². The van der Waals surface area contributed by atoms with Crippen LogP contribution in [0.15, 0.2) is 18.5 Å². The molecule has 0 saturated carbocycles. The molecule has 3 N–H and O–H groups in total. The third-order valence-electron chi connectivity index (χ3n) is 2.94. The highest BCUT2D eigenvalue weighted by molar-refractivity contribution is 5.99. The molecular weight excluding hydrogens is 276 g/mol. The number of anilines is 1. The largest absolute Gasteiger partial charge is 0.372 e. The van der Waals surface area contributed by atoms with Crippen LogP contribution in [0.1, 0.15) is 21.6 Å². The van der Waals surface area contributed by atoms with E-state index in [9.17, 15) is 14.9 Å². The van der Waals surface area contributed by atoms with E-state index < -0.39 is 10.8 Å². The number of H-pyrrole nitrogens is 1. The average molecular weight is 290 g/mol. The van der Waals surface area contributed by atoms with Gasteiger partial charge in [-0.15, -0.1) is 0 Å². The number of nitrogens with one attached hydrogen (secondary N) is 3. The second-order valence-electron chi connectivity index (χ2n) is 4.30. The van der Waals surface area contributed by atoms with Crippen LogP contribution in [0.5, 0.6) is 0 Å². The maximum Gasteiger partial charge on any atom is 0.288 e. The summed E-state index contributed by atoms with van der Waals surface area (Å²) in [6.45, 7) is 2.11. The molecule has 0 spiro atoms. The van der Waals surface area contributed by atoms with Crippen LogP contribution in [0.3, 0.4) is 0 Å². The molecule has 0 saturated heterocycles. The van der Waals surface area contributed by atoms with Gasteiger partial charge in [0.05, 0.1) is 16.7 Å². The average Bonchev–Trinajstić information content (AvgIpc) is 2.89. The standard InChI is InChI=1S/C12H14N6O3/c1-7-8(5-16-17-7)4-15-12(19)10-3-9(18(20)21)6-14-11(10)13-2/h3,5-6H,4H2,1-2H3,(H,13,14)(H,15,19)(H,16,17). The van der Waals surface area contributed by atoms with Crippen molar-refractivity contribution >= 4 is 17.4 Å². The number of nitro groups is 1. The third kappa shape index (κ3) is 3.14. The Hall–Kier alpha value is -2.97. The second kappa shape index (κ2) is 5.99. The van der Waals surface area contributed by atoms with Gasteiger partial charge >= 0.3 is 0 Å². The highest BCUT2D eigenvalue weighted by Gasteiger charge is 2.17. The number of hydrogen-bond donors (Lipinski definition) is 3. The van der Waals surface area contributed by atoms with Crippen molar-refractivity contribution < 1.29 is 9.72 Å². The minimum atomic E-state index is -0.594. The van der Waals surface area contributed by atoms with Crippen molar-refractivity contribution in [3.05, 3.63) is 45.4 Å². The third-order valence-corrected chi connectivity index (χ3v) is 2.94. The van der Waals surface area contributed by atoms with Crippen molar-refractivity contribution in [1.29, 1.82) is 0 Å². The molecule has 21 heavy (non-hydrogen) atoms. The molecule has 110 valence electrons. The molecule has 0 aliphatic rings. The predicted octanol–water partition coefficient (Wildman–Crippen LogP) is 0.993. The first-order chi connectivity index (χ1) is 10.0. The Kier molecular flexibility index (Phi) is 4.12. The van der Waals surface area contributed by atoms with Crippen LogP contribution in [0.4, 0.5) is 11.5 Å². The Bertz CT molecular complexity index is 681. The van der Waals surface area contributed by atoms with Gasteiger partial charge in [-0.05, 0) is 6.92 Å². The van der Waals surface area contributed by atoms with Crippen LogP contribution in [0.25, 0.3) is 0 Å². The summed E-state index contributed by atoms with van der Waals surface area (Å²) in [7, 11) is 1.59. The Balaban J connectivity index is 2.19. The maximum absolute atomic E-state index is 12.2. The highest BCUT2D eigenvalue weighted by atomic mass is 16.6. The lowest BCUT2D eigenvalue weighted by atomic mass is 10.2. The maximum atomic E-state index is 12.2. The Labute approximate surface area is 119 Å². The summed E-state index contributed by atoms with van der Waals surface area (Å²) in [6.07, 6.45) is 2.71. The van der Waals surface area contributed by atoms with Gasteiger partial charge in [0.25, 0.3) is 11.6 Å². The summed E-state index contributed by atoms with van der Waals surface area (Å²) < 4.78 is 0. The van der Waals surface area contributed by atoms with Gasteiger partial charge in [0.2, 0.25) is 0 Å². The SMILES string of the molecule is CNc1ncc([N+](=O)[O-])cc1C(=O)NCc1cn[nH]c1C. The quantitative estimate of drug-likeness (QED) is 0.557. The smallest absolute Gasteiger partial charge is 0.288 e. The lowest BCUT2D eigenvalue weighted by Crippen LogP contribution is -2.24. The lowest BCUT2D eigenvalue weighted by Gasteiger charge is -2.08. The fourth-order valence-electron chi connectivity index (χ4n) is 1.75. The molecule has 0 atom stereocenters. The molecule has 2 aromatic heterocycles. The van der Waals surface area contributed by atoms with Crippen LogP contribution < -0.4 is 10.6 Å². The predicted molar refractivity (Wildman–Crippen MR) is 74.9 cm³/mol. The zero-order valence-corrected chi connectivity index (χ0v) is 11.5. The number of pyridine rings is 1. The van der Waals surface area contributed by atoms with Gasteiger partial charge in [-0.25, -0.2) is 4.98 Å². The molecule has 9 heteroatoms. The first kappa shape index (κ1) is 14.4. The van der Waals surface area contributed by atoms with Crippen molar-refractivity contribution in [2.75, 3.05) is 12.4 Å². The normalized spacial score (nSPS) is 10.2. The number of hydrogen-bond acceptors (Lipinski definition) is 6. The van der Waals surface area contributed by atoms with Crippen molar-refractivity contribution in [2.24, 2.45) is 0 Å². The summed E-state index contributed by atoms with van der Waals surface area (Å²) in [6, 6.07) is 1.19. The number of aromatic nitrogens is 3. The van der Waals surface area contributed by atoms with E-state index in [2.05, 4.69) is 25.8 Å². The number of aryl methyl sites for hydroxylation is 1. The van der Waals surface area contributed by atoms with Gasteiger partial charge < -0.3 is 10.6 Å². The Morgan fingerprint density at radius 2 is 2.24 bits per heavy atom. The molecule has 0 fully saturated rings. The minimum absolute atomic E-state index is 0.118. The summed E-state index contributed by atoms with van der Waals surface area (Å²) in [4.78, 5) is 26.2. The van der Waals surface area contributed by atoms with E-state index >= 15 is 0 Å². The van der Waals surface area contributed by atoms with Crippen molar-refractivity contribution in [1.82, 2.24) is 20.5 Å². The van der Waals surface area contributed by atoms with Crippen LogP contribution in [-0.2, 0) is 6.54 Å². The molecule has 9 nitrogen and oxygen atoms in total. The number of carbonyl (C=O) groups excluding carboxylic acids is 1. The van der Waals surface area contributed by atoms with Crippen LogP contribution >= 0.6 is 0 Å². The first-order valence-electron chi connectivity index (χ1n) is 6.12. The molecule has 0 bridgehead atoms.